The summed E-state index contributed by atoms with van der Waals surface area (Å²) in [6, 6.07) is 6.23. The molecule has 0 radical (unpaired) electrons. The average Bonchev–Trinajstić information content (AvgIpc) is 2.98. The number of hydrogen-bond donors (Lipinski definition) is 1. The van der Waals surface area contributed by atoms with Crippen molar-refractivity contribution in [3.05, 3.63) is 61.7 Å². The van der Waals surface area contributed by atoms with Crippen LogP contribution in [0.25, 0.3) is 10.6 Å². The Bertz CT molecular complexity index is 968. The fourth-order valence-electron chi connectivity index (χ4n) is 2.44. The molecule has 1 atom stereocenters. The molecule has 8 heteroatoms. The molecule has 1 N–H and O–H groups in total. The zero-order valence-electron chi connectivity index (χ0n) is 13.9. The summed E-state index contributed by atoms with van der Waals surface area (Å²) in [7, 11) is 1.60. The van der Waals surface area contributed by atoms with Gasteiger partial charge in [0.1, 0.15) is 15.3 Å². The molecule has 0 saturated heterocycles. The standard InChI is InChI=1S/C17H16BrFN4OS/c1-9(21-13-8-20-23(3)17(24)14(13)18)15-10(2)22-16(25-15)11-4-6-12(19)7-5-11/h4-9,21H,1-3H3. The normalized spacial score (nSPS) is 12.2. The second-order valence-corrected chi connectivity index (χ2v) is 7.47. The first-order valence-electron chi connectivity index (χ1n) is 7.58. The van der Waals surface area contributed by atoms with Gasteiger partial charge < -0.3 is 5.32 Å². The van der Waals surface area contributed by atoms with Crippen molar-refractivity contribution in [2.24, 2.45) is 7.05 Å². The summed E-state index contributed by atoms with van der Waals surface area (Å²) in [5.74, 6) is -0.268. The molecule has 1 aromatic carbocycles. The van der Waals surface area contributed by atoms with E-state index in [0.717, 1.165) is 21.1 Å². The summed E-state index contributed by atoms with van der Waals surface area (Å²) in [6.07, 6.45) is 1.61. The SMILES string of the molecule is Cc1nc(-c2ccc(F)cc2)sc1C(C)Nc1cnn(C)c(=O)c1Br. The summed E-state index contributed by atoms with van der Waals surface area (Å²) < 4.78 is 14.8. The molecular formula is C17H16BrFN4OS. The molecule has 0 amide bonds. The highest BCUT2D eigenvalue weighted by Gasteiger charge is 2.17. The molecule has 5 nitrogen and oxygen atoms in total. The van der Waals surface area contributed by atoms with E-state index in [0.29, 0.717) is 10.2 Å². The fourth-order valence-corrected chi connectivity index (χ4v) is 3.98. The van der Waals surface area contributed by atoms with E-state index in [1.165, 1.54) is 16.8 Å². The van der Waals surface area contributed by atoms with Gasteiger partial charge in [0.05, 0.1) is 23.6 Å². The van der Waals surface area contributed by atoms with Crippen LogP contribution >= 0.6 is 27.3 Å². The Balaban J connectivity index is 1.88. The van der Waals surface area contributed by atoms with Crippen molar-refractivity contribution in [3.63, 3.8) is 0 Å². The van der Waals surface area contributed by atoms with Crippen molar-refractivity contribution in [1.29, 1.82) is 0 Å². The Hall–Kier alpha value is -2.06. The van der Waals surface area contributed by atoms with Crippen molar-refractivity contribution in [1.82, 2.24) is 14.8 Å². The second-order valence-electron chi connectivity index (χ2n) is 5.64. The van der Waals surface area contributed by atoms with Crippen molar-refractivity contribution in [3.8, 4) is 10.6 Å². The first-order chi connectivity index (χ1) is 11.9. The minimum atomic E-state index is -0.268. The number of aryl methyl sites for hydroxylation is 2. The first kappa shape index (κ1) is 17.8. The molecule has 0 aliphatic heterocycles. The number of benzene rings is 1. The summed E-state index contributed by atoms with van der Waals surface area (Å²) in [4.78, 5) is 17.6. The van der Waals surface area contributed by atoms with Gasteiger partial charge in [-0.05, 0) is 54.0 Å². The summed E-state index contributed by atoms with van der Waals surface area (Å²) in [5.41, 5.74) is 2.21. The quantitative estimate of drug-likeness (QED) is 0.681. The molecule has 2 heterocycles. The molecule has 2 aromatic heterocycles. The summed E-state index contributed by atoms with van der Waals surface area (Å²) in [5, 5.41) is 8.17. The molecule has 3 aromatic rings. The van der Waals surface area contributed by atoms with Gasteiger partial charge in [-0.15, -0.1) is 11.3 Å². The van der Waals surface area contributed by atoms with Crippen LogP contribution < -0.4 is 10.9 Å². The van der Waals surface area contributed by atoms with Gasteiger partial charge in [-0.1, -0.05) is 0 Å². The zero-order chi connectivity index (χ0) is 18.1. The van der Waals surface area contributed by atoms with Crippen LogP contribution in [0.2, 0.25) is 0 Å². The van der Waals surface area contributed by atoms with E-state index in [1.807, 2.05) is 13.8 Å². The molecule has 1 unspecified atom stereocenters. The van der Waals surface area contributed by atoms with Gasteiger partial charge in [0.25, 0.3) is 5.56 Å². The number of halogens is 2. The van der Waals surface area contributed by atoms with Gasteiger partial charge in [-0.25, -0.2) is 14.1 Å². The van der Waals surface area contributed by atoms with Crippen LogP contribution in [0.15, 0.2) is 39.7 Å². The van der Waals surface area contributed by atoms with Crippen molar-refractivity contribution in [2.75, 3.05) is 5.32 Å². The predicted octanol–water partition coefficient (Wildman–Crippen LogP) is 4.29. The van der Waals surface area contributed by atoms with Gasteiger partial charge in [0.15, 0.2) is 0 Å². The highest BCUT2D eigenvalue weighted by Crippen LogP contribution is 2.33. The van der Waals surface area contributed by atoms with Crippen LogP contribution in [0.3, 0.4) is 0 Å². The van der Waals surface area contributed by atoms with E-state index in [1.54, 1.807) is 36.7 Å². The van der Waals surface area contributed by atoms with E-state index in [4.69, 9.17) is 0 Å². The lowest BCUT2D eigenvalue weighted by Crippen LogP contribution is -2.22. The van der Waals surface area contributed by atoms with Crippen molar-refractivity contribution < 1.29 is 4.39 Å². The Labute approximate surface area is 156 Å². The molecule has 3 rings (SSSR count). The van der Waals surface area contributed by atoms with Crippen molar-refractivity contribution in [2.45, 2.75) is 19.9 Å². The Morgan fingerprint density at radius 3 is 2.68 bits per heavy atom. The van der Waals surface area contributed by atoms with E-state index >= 15 is 0 Å². The highest BCUT2D eigenvalue weighted by atomic mass is 79.9. The summed E-state index contributed by atoms with van der Waals surface area (Å²) in [6.45, 7) is 3.94. The molecular weight excluding hydrogens is 407 g/mol. The van der Waals surface area contributed by atoms with Crippen LogP contribution in [0.1, 0.15) is 23.5 Å². The molecule has 25 heavy (non-hydrogen) atoms. The zero-order valence-corrected chi connectivity index (χ0v) is 16.3. The number of nitrogens with one attached hydrogen (secondary N) is 1. The molecule has 0 aliphatic carbocycles. The summed E-state index contributed by atoms with van der Waals surface area (Å²) >= 11 is 4.86. The molecule has 0 aliphatic rings. The van der Waals surface area contributed by atoms with E-state index in [2.05, 4.69) is 31.3 Å². The first-order valence-corrected chi connectivity index (χ1v) is 9.19. The third kappa shape index (κ3) is 3.64. The monoisotopic (exact) mass is 422 g/mol. The van der Waals surface area contributed by atoms with Gasteiger partial charge in [0, 0.05) is 17.5 Å². The highest BCUT2D eigenvalue weighted by molar-refractivity contribution is 9.10. The van der Waals surface area contributed by atoms with Gasteiger partial charge in [-0.2, -0.15) is 5.10 Å². The second kappa shape index (κ2) is 7.05. The molecule has 130 valence electrons. The number of rotatable bonds is 4. The number of aromatic nitrogens is 3. The lowest BCUT2D eigenvalue weighted by Gasteiger charge is -2.15. The van der Waals surface area contributed by atoms with E-state index < -0.39 is 0 Å². The van der Waals surface area contributed by atoms with Crippen molar-refractivity contribution >= 4 is 33.0 Å². The van der Waals surface area contributed by atoms with Crippen LogP contribution in [0.5, 0.6) is 0 Å². The van der Waals surface area contributed by atoms with Gasteiger partial charge in [0.2, 0.25) is 0 Å². The van der Waals surface area contributed by atoms with Gasteiger partial charge in [-0.3, -0.25) is 4.79 Å². The maximum atomic E-state index is 13.1. The molecule has 0 bridgehead atoms. The lowest BCUT2D eigenvalue weighted by atomic mass is 10.2. The Morgan fingerprint density at radius 2 is 2.00 bits per heavy atom. The molecule has 0 saturated carbocycles. The third-order valence-corrected chi connectivity index (χ3v) is 5.92. The maximum Gasteiger partial charge on any atom is 0.282 e. The minimum absolute atomic E-state index is 0.0584. The van der Waals surface area contributed by atoms with Crippen LogP contribution in [-0.2, 0) is 7.05 Å². The smallest absolute Gasteiger partial charge is 0.282 e. The van der Waals surface area contributed by atoms with Crippen LogP contribution in [0, 0.1) is 12.7 Å². The van der Waals surface area contributed by atoms with E-state index in [-0.39, 0.29) is 17.4 Å². The average molecular weight is 423 g/mol. The minimum Gasteiger partial charge on any atom is -0.375 e. The lowest BCUT2D eigenvalue weighted by molar-refractivity contribution is 0.628. The number of anilines is 1. The maximum absolute atomic E-state index is 13.1. The predicted molar refractivity (Wildman–Crippen MR) is 101 cm³/mol. The number of nitrogens with zero attached hydrogens (tertiary/aromatic N) is 3. The van der Waals surface area contributed by atoms with Gasteiger partial charge >= 0.3 is 0 Å². The number of hydrogen-bond acceptors (Lipinski definition) is 5. The third-order valence-electron chi connectivity index (χ3n) is 3.77. The molecule has 0 spiro atoms. The van der Waals surface area contributed by atoms with Crippen LogP contribution in [0.4, 0.5) is 10.1 Å². The fraction of sp³-hybridized carbons (Fsp3) is 0.235. The van der Waals surface area contributed by atoms with Crippen LogP contribution in [-0.4, -0.2) is 14.8 Å². The van der Waals surface area contributed by atoms with E-state index in [9.17, 15) is 9.18 Å². The Kier molecular flexibility index (Phi) is 5.01. The Morgan fingerprint density at radius 1 is 1.32 bits per heavy atom. The topological polar surface area (TPSA) is 59.8 Å². The molecule has 0 fully saturated rings. The number of thiazole rings is 1. The largest absolute Gasteiger partial charge is 0.375 e.